The first-order chi connectivity index (χ1) is 14.2. The molecule has 156 valence electrons. The van der Waals surface area contributed by atoms with Gasteiger partial charge in [0.15, 0.2) is 11.5 Å². The van der Waals surface area contributed by atoms with Gasteiger partial charge in [0, 0.05) is 0 Å². The summed E-state index contributed by atoms with van der Waals surface area (Å²) in [4.78, 5) is 24.5. The lowest BCUT2D eigenvalue weighted by molar-refractivity contribution is -0.140. The number of thiocarbonyl (C=S) groups is 1. The maximum atomic E-state index is 12.4. The number of carboxylic acid groups (broad SMARTS) is 1. The Hall–Kier alpha value is -2.89. The third kappa shape index (κ3) is 4.81. The molecule has 1 aliphatic heterocycles. The highest BCUT2D eigenvalue weighted by Crippen LogP contribution is 2.35. The molecule has 0 radical (unpaired) electrons. The fourth-order valence-corrected chi connectivity index (χ4v) is 4.74. The van der Waals surface area contributed by atoms with Crippen LogP contribution in [0, 0.1) is 0 Å². The van der Waals surface area contributed by atoms with Crippen molar-refractivity contribution in [2.24, 2.45) is 0 Å². The molecule has 30 heavy (non-hydrogen) atoms. The van der Waals surface area contributed by atoms with Crippen LogP contribution in [-0.4, -0.2) is 48.3 Å². The van der Waals surface area contributed by atoms with Crippen LogP contribution in [0.5, 0.6) is 11.5 Å². The van der Waals surface area contributed by atoms with Gasteiger partial charge in [-0.25, -0.2) is 0 Å². The van der Waals surface area contributed by atoms with Crippen molar-refractivity contribution in [1.29, 1.82) is 0 Å². The van der Waals surface area contributed by atoms with E-state index in [1.54, 1.807) is 24.3 Å². The lowest BCUT2D eigenvalue weighted by Crippen LogP contribution is -2.33. The fraction of sp³-hybridized carbons (Fsp3) is 0.105. The number of thioether (sulfide) groups is 1. The van der Waals surface area contributed by atoms with Crippen molar-refractivity contribution in [3.05, 3.63) is 59.0 Å². The van der Waals surface area contributed by atoms with E-state index in [-0.39, 0.29) is 25.6 Å². The molecule has 0 bridgehead atoms. The van der Waals surface area contributed by atoms with Crippen LogP contribution in [-0.2, 0) is 19.7 Å². The van der Waals surface area contributed by atoms with E-state index < -0.39 is 28.5 Å². The van der Waals surface area contributed by atoms with Crippen molar-refractivity contribution in [3.63, 3.8) is 0 Å². The molecular formula is C19H15NO7S3. The van der Waals surface area contributed by atoms with Gasteiger partial charge in [0.05, 0.1) is 12.0 Å². The Bertz CT molecular complexity index is 1140. The number of hydrogen-bond donors (Lipinski definition) is 1. The van der Waals surface area contributed by atoms with Gasteiger partial charge in [0.1, 0.15) is 15.8 Å². The van der Waals surface area contributed by atoms with Gasteiger partial charge >= 0.3 is 16.1 Å². The number of hydrogen-bond acceptors (Lipinski definition) is 8. The topological polar surface area (TPSA) is 110 Å². The van der Waals surface area contributed by atoms with Crippen LogP contribution >= 0.6 is 24.0 Å². The van der Waals surface area contributed by atoms with E-state index in [0.29, 0.717) is 5.56 Å². The zero-order valence-electron chi connectivity index (χ0n) is 15.5. The third-order valence-electron chi connectivity index (χ3n) is 3.88. The number of benzene rings is 2. The summed E-state index contributed by atoms with van der Waals surface area (Å²) in [6, 6.07) is 12.1. The molecule has 8 nitrogen and oxygen atoms in total. The van der Waals surface area contributed by atoms with E-state index in [1.165, 1.54) is 37.5 Å². The molecule has 2 aromatic carbocycles. The highest BCUT2D eigenvalue weighted by Gasteiger charge is 2.33. The standard InChI is InChI=1S/C19H15NO7S3/c1-26-15-9-12(10-16-18(23)20(11-17(21)22)19(28)29-16)7-8-14(15)27-30(24,25)13-5-3-2-4-6-13/h2-10H,11H2,1H3,(H,21,22)/b16-10+. The minimum Gasteiger partial charge on any atom is -0.493 e. The van der Waals surface area contributed by atoms with E-state index in [0.717, 1.165) is 16.7 Å². The predicted molar refractivity (Wildman–Crippen MR) is 115 cm³/mol. The molecule has 3 rings (SSSR count). The van der Waals surface area contributed by atoms with Gasteiger partial charge in [0.25, 0.3) is 5.91 Å². The van der Waals surface area contributed by atoms with E-state index >= 15 is 0 Å². The van der Waals surface area contributed by atoms with Crippen molar-refractivity contribution in [2.75, 3.05) is 13.7 Å². The average Bonchev–Trinajstić information content (AvgIpc) is 2.96. The Morgan fingerprint density at radius 1 is 1.20 bits per heavy atom. The molecule has 1 N–H and O–H groups in total. The number of carbonyl (C=O) groups excluding carboxylic acids is 1. The van der Waals surface area contributed by atoms with E-state index in [1.807, 2.05) is 0 Å². The number of ether oxygens (including phenoxy) is 1. The Morgan fingerprint density at radius 3 is 2.53 bits per heavy atom. The second-order valence-corrected chi connectivity index (χ2v) is 9.14. The molecule has 1 fully saturated rings. The van der Waals surface area contributed by atoms with Crippen molar-refractivity contribution in [2.45, 2.75) is 4.90 Å². The first-order valence-electron chi connectivity index (χ1n) is 8.36. The van der Waals surface area contributed by atoms with Gasteiger partial charge in [-0.1, -0.05) is 48.2 Å². The summed E-state index contributed by atoms with van der Waals surface area (Å²) in [6.07, 6.45) is 1.51. The Kier molecular flexibility index (Phi) is 6.44. The normalized spacial score (nSPS) is 15.5. The Labute approximate surface area is 182 Å². The highest BCUT2D eigenvalue weighted by molar-refractivity contribution is 8.26. The van der Waals surface area contributed by atoms with Gasteiger partial charge in [-0.05, 0) is 35.9 Å². The molecule has 1 saturated heterocycles. The molecule has 0 atom stereocenters. The van der Waals surface area contributed by atoms with E-state index in [2.05, 4.69) is 0 Å². The molecule has 1 heterocycles. The summed E-state index contributed by atoms with van der Waals surface area (Å²) >= 11 is 6.04. The smallest absolute Gasteiger partial charge is 0.339 e. The van der Waals surface area contributed by atoms with Crippen molar-refractivity contribution in [3.8, 4) is 11.5 Å². The fourth-order valence-electron chi connectivity index (χ4n) is 2.52. The second kappa shape index (κ2) is 8.86. The highest BCUT2D eigenvalue weighted by atomic mass is 32.2. The van der Waals surface area contributed by atoms with Crippen LogP contribution in [0.2, 0.25) is 0 Å². The van der Waals surface area contributed by atoms with Gasteiger partial charge < -0.3 is 14.0 Å². The molecule has 1 amide bonds. The van der Waals surface area contributed by atoms with Gasteiger partial charge in [-0.15, -0.1) is 0 Å². The molecule has 2 aromatic rings. The first-order valence-corrected chi connectivity index (χ1v) is 11.0. The molecule has 0 aromatic heterocycles. The largest absolute Gasteiger partial charge is 0.493 e. The molecule has 0 spiro atoms. The van der Waals surface area contributed by atoms with Gasteiger partial charge in [-0.2, -0.15) is 8.42 Å². The minimum absolute atomic E-state index is 0.00163. The Morgan fingerprint density at radius 2 is 1.90 bits per heavy atom. The maximum Gasteiger partial charge on any atom is 0.339 e. The van der Waals surface area contributed by atoms with Gasteiger partial charge in [-0.3, -0.25) is 14.5 Å². The summed E-state index contributed by atoms with van der Waals surface area (Å²) in [5.41, 5.74) is 0.520. The maximum absolute atomic E-state index is 12.4. The van der Waals surface area contributed by atoms with Crippen LogP contribution in [0.1, 0.15) is 5.56 Å². The molecule has 11 heteroatoms. The van der Waals surface area contributed by atoms with Crippen molar-refractivity contribution >= 4 is 56.4 Å². The Balaban J connectivity index is 1.86. The lowest BCUT2D eigenvalue weighted by atomic mass is 10.2. The molecule has 0 unspecified atom stereocenters. The number of aliphatic carboxylic acids is 1. The summed E-state index contributed by atoms with van der Waals surface area (Å²) in [6.45, 7) is -0.518. The molecule has 0 aliphatic carbocycles. The van der Waals surface area contributed by atoms with Crippen molar-refractivity contribution < 1.29 is 32.0 Å². The summed E-state index contributed by atoms with van der Waals surface area (Å²) in [5, 5.41) is 8.90. The molecule has 0 saturated carbocycles. The molecular weight excluding hydrogens is 450 g/mol. The van der Waals surface area contributed by atoms with E-state index in [9.17, 15) is 18.0 Å². The number of methoxy groups -OCH3 is 1. The van der Waals surface area contributed by atoms with Crippen LogP contribution in [0.25, 0.3) is 6.08 Å². The minimum atomic E-state index is -4.05. The zero-order valence-corrected chi connectivity index (χ0v) is 17.9. The number of nitrogens with zero attached hydrogens (tertiary/aromatic N) is 1. The summed E-state index contributed by atoms with van der Waals surface area (Å²) < 4.78 is 35.4. The van der Waals surface area contributed by atoms with Crippen LogP contribution in [0.15, 0.2) is 58.3 Å². The first kappa shape index (κ1) is 21.8. The van der Waals surface area contributed by atoms with Crippen LogP contribution in [0.4, 0.5) is 0 Å². The lowest BCUT2D eigenvalue weighted by Gasteiger charge is -2.11. The number of rotatable bonds is 7. The van der Waals surface area contributed by atoms with Crippen molar-refractivity contribution in [1.82, 2.24) is 4.90 Å². The molecule has 1 aliphatic rings. The predicted octanol–water partition coefficient (Wildman–Crippen LogP) is 2.75. The van der Waals surface area contributed by atoms with Crippen LogP contribution < -0.4 is 8.92 Å². The van der Waals surface area contributed by atoms with Crippen LogP contribution in [0.3, 0.4) is 0 Å². The SMILES string of the molecule is COc1cc(/C=C2/SC(=S)N(CC(=O)O)C2=O)ccc1OS(=O)(=O)c1ccccc1. The van der Waals surface area contributed by atoms with Gasteiger partial charge in [0.2, 0.25) is 0 Å². The zero-order chi connectivity index (χ0) is 21.9. The van der Waals surface area contributed by atoms with E-state index in [4.69, 9.17) is 26.2 Å². The second-order valence-electron chi connectivity index (χ2n) is 5.92. The number of carboxylic acids is 1. The number of carbonyl (C=O) groups is 2. The monoisotopic (exact) mass is 465 g/mol. The summed E-state index contributed by atoms with van der Waals surface area (Å²) in [5.74, 6) is -1.56. The number of amides is 1. The average molecular weight is 466 g/mol. The summed E-state index contributed by atoms with van der Waals surface area (Å²) in [7, 11) is -2.69. The quantitative estimate of drug-likeness (QED) is 0.375. The third-order valence-corrected chi connectivity index (χ3v) is 6.51.